The van der Waals surface area contributed by atoms with Crippen LogP contribution in [0.4, 0.5) is 11.5 Å². The topological polar surface area (TPSA) is 139 Å². The predicted molar refractivity (Wildman–Crippen MR) is 134 cm³/mol. The molecule has 0 aliphatic carbocycles. The summed E-state index contributed by atoms with van der Waals surface area (Å²) in [6.45, 7) is 6.49. The van der Waals surface area contributed by atoms with Crippen molar-refractivity contribution in [1.82, 2.24) is 15.0 Å². The van der Waals surface area contributed by atoms with Gasteiger partial charge in [-0.25, -0.2) is 15.0 Å². The van der Waals surface area contributed by atoms with Crippen molar-refractivity contribution in [3.8, 4) is 22.9 Å². The van der Waals surface area contributed by atoms with Crippen LogP contribution in [0, 0.1) is 10.1 Å². The van der Waals surface area contributed by atoms with Crippen LogP contribution in [-0.4, -0.2) is 52.7 Å². The van der Waals surface area contributed by atoms with Crippen LogP contribution < -0.4 is 14.5 Å². The van der Waals surface area contributed by atoms with Crippen molar-refractivity contribution in [2.24, 2.45) is 0 Å². The molecule has 2 heterocycles. The number of benzene rings is 1. The molecule has 0 bridgehead atoms. The number of hydrogen-bond donors (Lipinski definition) is 0. The molecule has 12 nitrogen and oxygen atoms in total. The molecule has 0 amide bonds. The number of nitro benzene ring substituents is 1. The van der Waals surface area contributed by atoms with Crippen LogP contribution >= 0.6 is 0 Å². The number of hydrogen-bond acceptors (Lipinski definition) is 11. The monoisotopic (exact) mass is 511 g/mol. The van der Waals surface area contributed by atoms with Crippen molar-refractivity contribution in [2.75, 3.05) is 25.9 Å². The van der Waals surface area contributed by atoms with E-state index in [1.165, 1.54) is 37.7 Å². The first-order chi connectivity index (χ1) is 17.7. The molecule has 3 aromatic rings. The minimum absolute atomic E-state index is 0.0711. The van der Waals surface area contributed by atoms with Crippen molar-refractivity contribution in [3.63, 3.8) is 0 Å². The number of carbonyl (C=O) groups is 1. The van der Waals surface area contributed by atoms with Gasteiger partial charge in [0.05, 0.1) is 61.5 Å². The first-order valence-corrected chi connectivity index (χ1v) is 11.3. The summed E-state index contributed by atoms with van der Waals surface area (Å²) in [7, 11) is 2.86. The molecule has 0 unspecified atom stereocenters. The van der Waals surface area contributed by atoms with Gasteiger partial charge in [-0.3, -0.25) is 14.9 Å². The van der Waals surface area contributed by atoms with Crippen LogP contribution in [-0.2, 0) is 27.4 Å². The van der Waals surface area contributed by atoms with Crippen LogP contribution in [0.2, 0.25) is 0 Å². The Bertz CT molecular complexity index is 1230. The number of pyridine rings is 1. The van der Waals surface area contributed by atoms with Crippen molar-refractivity contribution >= 4 is 18.0 Å². The second-order valence-electron chi connectivity index (χ2n) is 8.86. The largest absolute Gasteiger partial charge is 0.494 e. The minimum atomic E-state index is -0.506. The third-order valence-corrected chi connectivity index (χ3v) is 5.18. The van der Waals surface area contributed by atoms with Gasteiger partial charge in [-0.05, 0) is 51.0 Å². The van der Waals surface area contributed by atoms with Crippen LogP contribution in [0.5, 0.6) is 11.5 Å². The molecule has 0 N–H and O–H groups in total. The average molecular weight is 512 g/mol. The Hall–Kier alpha value is -4.32. The van der Waals surface area contributed by atoms with Gasteiger partial charge in [0.2, 0.25) is 5.75 Å². The first-order valence-electron chi connectivity index (χ1n) is 11.3. The van der Waals surface area contributed by atoms with E-state index in [0.29, 0.717) is 41.3 Å². The van der Waals surface area contributed by atoms with Gasteiger partial charge in [0.25, 0.3) is 0 Å². The van der Waals surface area contributed by atoms with E-state index < -0.39 is 10.5 Å². The third kappa shape index (κ3) is 6.88. The van der Waals surface area contributed by atoms with E-state index in [9.17, 15) is 14.9 Å². The molecule has 1 aromatic carbocycles. The SMILES string of the molecule is COc1cnc(-c2cc(CCOCc3cccc(N(OC=O)C(C)(C)C)n3)cc([N+](=O)[O-])c2OC)nc1. The maximum absolute atomic E-state index is 11.7. The Balaban J connectivity index is 1.75. The van der Waals surface area contributed by atoms with E-state index >= 15 is 0 Å². The number of anilines is 1. The molecule has 37 heavy (non-hydrogen) atoms. The maximum Gasteiger partial charge on any atom is 0.320 e. The summed E-state index contributed by atoms with van der Waals surface area (Å²) in [5, 5.41) is 13.1. The number of ether oxygens (including phenoxy) is 3. The lowest BCUT2D eigenvalue weighted by atomic mass is 10.0. The first kappa shape index (κ1) is 27.3. The minimum Gasteiger partial charge on any atom is -0.494 e. The number of hydroxylamine groups is 1. The fourth-order valence-corrected chi connectivity index (χ4v) is 3.52. The van der Waals surface area contributed by atoms with Gasteiger partial charge in [0.1, 0.15) is 0 Å². The van der Waals surface area contributed by atoms with E-state index in [2.05, 4.69) is 15.0 Å². The lowest BCUT2D eigenvalue weighted by Crippen LogP contribution is -2.41. The molecule has 0 aliphatic rings. The highest BCUT2D eigenvalue weighted by Gasteiger charge is 2.25. The lowest BCUT2D eigenvalue weighted by Gasteiger charge is -2.32. The highest BCUT2D eigenvalue weighted by Crippen LogP contribution is 2.38. The van der Waals surface area contributed by atoms with E-state index in [0.717, 1.165) is 0 Å². The zero-order valence-corrected chi connectivity index (χ0v) is 21.3. The third-order valence-electron chi connectivity index (χ3n) is 5.18. The van der Waals surface area contributed by atoms with Crippen LogP contribution in [0.15, 0.2) is 42.7 Å². The zero-order valence-electron chi connectivity index (χ0n) is 21.3. The Labute approximate surface area is 214 Å². The molecular formula is C25H29N5O7. The second kappa shape index (κ2) is 12.1. The smallest absolute Gasteiger partial charge is 0.320 e. The van der Waals surface area contributed by atoms with Gasteiger partial charge < -0.3 is 19.0 Å². The van der Waals surface area contributed by atoms with Crippen LogP contribution in [0.1, 0.15) is 32.0 Å². The number of aromatic nitrogens is 3. The molecule has 0 spiro atoms. The Morgan fingerprint density at radius 3 is 2.43 bits per heavy atom. The lowest BCUT2D eigenvalue weighted by molar-refractivity contribution is -0.385. The number of rotatable bonds is 12. The fraction of sp³-hybridized carbons (Fsp3) is 0.360. The summed E-state index contributed by atoms with van der Waals surface area (Å²) in [5.74, 6) is 1.27. The number of methoxy groups -OCH3 is 2. The molecule has 0 fully saturated rings. The molecule has 196 valence electrons. The number of carbonyl (C=O) groups excluding carboxylic acids is 1. The van der Waals surface area contributed by atoms with Crippen molar-refractivity contribution in [1.29, 1.82) is 0 Å². The normalized spacial score (nSPS) is 11.1. The van der Waals surface area contributed by atoms with E-state index in [1.54, 1.807) is 24.3 Å². The average Bonchev–Trinajstić information content (AvgIpc) is 2.88. The molecule has 3 rings (SSSR count). The summed E-state index contributed by atoms with van der Waals surface area (Å²) < 4.78 is 16.2. The summed E-state index contributed by atoms with van der Waals surface area (Å²) in [4.78, 5) is 40.3. The molecule has 0 saturated carbocycles. The predicted octanol–water partition coefficient (Wildman–Crippen LogP) is 3.92. The molecule has 0 radical (unpaired) electrons. The molecule has 0 aliphatic heterocycles. The quantitative estimate of drug-likeness (QED) is 0.151. The van der Waals surface area contributed by atoms with Gasteiger partial charge in [0, 0.05) is 6.07 Å². The zero-order chi connectivity index (χ0) is 27.0. The fourth-order valence-electron chi connectivity index (χ4n) is 3.52. The summed E-state index contributed by atoms with van der Waals surface area (Å²) >= 11 is 0. The standard InChI is InChI=1S/C25H29N5O7/c1-25(2,3)29(37-16-31)22-8-6-7-18(28-22)15-36-10-9-17-11-20(23(35-5)21(12-17)30(32)33)24-26-13-19(34-4)14-27-24/h6-8,11-14,16H,9-10,15H2,1-5H3. The summed E-state index contributed by atoms with van der Waals surface area (Å²) in [6.07, 6.45) is 3.34. The molecule has 0 atom stereocenters. The van der Waals surface area contributed by atoms with Gasteiger partial charge in [0.15, 0.2) is 17.4 Å². The highest BCUT2D eigenvalue weighted by atomic mass is 16.7. The number of nitro groups is 1. The molecule has 2 aromatic heterocycles. The van der Waals surface area contributed by atoms with Gasteiger partial charge >= 0.3 is 12.2 Å². The van der Waals surface area contributed by atoms with Gasteiger partial charge in [-0.15, -0.1) is 0 Å². The Morgan fingerprint density at radius 2 is 1.84 bits per heavy atom. The second-order valence-corrected chi connectivity index (χ2v) is 8.86. The Morgan fingerprint density at radius 1 is 1.11 bits per heavy atom. The van der Waals surface area contributed by atoms with E-state index in [1.807, 2.05) is 20.8 Å². The van der Waals surface area contributed by atoms with Crippen molar-refractivity contribution in [2.45, 2.75) is 39.3 Å². The van der Waals surface area contributed by atoms with E-state index in [4.69, 9.17) is 19.0 Å². The van der Waals surface area contributed by atoms with Crippen LogP contribution in [0.25, 0.3) is 11.4 Å². The van der Waals surface area contributed by atoms with Crippen molar-refractivity contribution < 1.29 is 28.8 Å². The van der Waals surface area contributed by atoms with Gasteiger partial charge in [-0.2, -0.15) is 5.06 Å². The summed E-state index contributed by atoms with van der Waals surface area (Å²) in [5.41, 5.74) is 0.987. The van der Waals surface area contributed by atoms with Gasteiger partial charge in [-0.1, -0.05) is 6.07 Å². The van der Waals surface area contributed by atoms with Crippen molar-refractivity contribution in [3.05, 3.63) is 64.1 Å². The molecular weight excluding hydrogens is 482 g/mol. The van der Waals surface area contributed by atoms with Crippen LogP contribution in [0.3, 0.4) is 0 Å². The van der Waals surface area contributed by atoms with E-state index in [-0.39, 0.29) is 30.5 Å². The Kier molecular flexibility index (Phi) is 8.90. The summed E-state index contributed by atoms with van der Waals surface area (Å²) in [6, 6.07) is 8.52. The maximum atomic E-state index is 11.7. The highest BCUT2D eigenvalue weighted by molar-refractivity contribution is 5.72. The molecule has 0 saturated heterocycles. The molecule has 12 heteroatoms. The number of nitrogens with zero attached hydrogens (tertiary/aromatic N) is 5.